The van der Waals surface area contributed by atoms with Crippen LogP contribution < -0.4 is 0 Å². The smallest absolute Gasteiger partial charge is 0.0123 e. The molecular formula is C14H29N. The van der Waals surface area contributed by atoms with E-state index in [1.165, 1.54) is 32.1 Å². The zero-order chi connectivity index (χ0) is 11.4. The van der Waals surface area contributed by atoms with E-state index in [0.717, 1.165) is 17.9 Å². The van der Waals surface area contributed by atoms with Crippen LogP contribution >= 0.6 is 0 Å². The molecule has 0 aliphatic heterocycles. The summed E-state index contributed by atoms with van der Waals surface area (Å²) in [6.45, 7) is 9.30. The number of hydrogen-bond donors (Lipinski definition) is 0. The van der Waals surface area contributed by atoms with Crippen LogP contribution in [0.5, 0.6) is 0 Å². The number of rotatable bonds is 7. The van der Waals surface area contributed by atoms with Gasteiger partial charge in [0.05, 0.1) is 0 Å². The molecule has 0 bridgehead atoms. The first-order valence-electron chi connectivity index (χ1n) is 6.74. The molecule has 1 saturated carbocycles. The van der Waals surface area contributed by atoms with E-state index >= 15 is 0 Å². The van der Waals surface area contributed by atoms with Crippen molar-refractivity contribution >= 4 is 0 Å². The molecule has 0 spiro atoms. The zero-order valence-electron chi connectivity index (χ0n) is 11.3. The Morgan fingerprint density at radius 1 is 1.07 bits per heavy atom. The summed E-state index contributed by atoms with van der Waals surface area (Å²) in [7, 11) is 2.31. The lowest BCUT2D eigenvalue weighted by molar-refractivity contribution is 0.161. The molecule has 1 aliphatic carbocycles. The molecule has 0 aromatic rings. The van der Waals surface area contributed by atoms with Gasteiger partial charge in [-0.2, -0.15) is 0 Å². The van der Waals surface area contributed by atoms with Crippen LogP contribution in [0.2, 0.25) is 0 Å². The number of hydrogen-bond acceptors (Lipinski definition) is 1. The molecule has 1 nitrogen and oxygen atoms in total. The van der Waals surface area contributed by atoms with Crippen molar-refractivity contribution < 1.29 is 0 Å². The standard InChI is InChI=1S/C14H29N/c1-11(2)7-6-8-14(13-9-10-13)15(5)12(3)4/h11-14H,6-10H2,1-5H3/t14-/m0/s1. The molecule has 0 heterocycles. The van der Waals surface area contributed by atoms with Crippen LogP contribution in [0.4, 0.5) is 0 Å². The Kier molecular flexibility index (Phi) is 5.11. The first-order valence-corrected chi connectivity index (χ1v) is 6.74. The van der Waals surface area contributed by atoms with Gasteiger partial charge in [-0.25, -0.2) is 0 Å². The van der Waals surface area contributed by atoms with Crippen LogP contribution in [0.3, 0.4) is 0 Å². The minimum atomic E-state index is 0.703. The van der Waals surface area contributed by atoms with Gasteiger partial charge in [-0.15, -0.1) is 0 Å². The fourth-order valence-corrected chi connectivity index (χ4v) is 2.37. The van der Waals surface area contributed by atoms with Crippen molar-refractivity contribution in [3.05, 3.63) is 0 Å². The summed E-state index contributed by atoms with van der Waals surface area (Å²) >= 11 is 0. The van der Waals surface area contributed by atoms with Crippen molar-refractivity contribution in [1.29, 1.82) is 0 Å². The summed E-state index contributed by atoms with van der Waals surface area (Å²) in [5, 5.41) is 0. The maximum Gasteiger partial charge on any atom is 0.0123 e. The van der Waals surface area contributed by atoms with Crippen molar-refractivity contribution in [3.63, 3.8) is 0 Å². The Morgan fingerprint density at radius 3 is 2.07 bits per heavy atom. The molecular weight excluding hydrogens is 182 g/mol. The van der Waals surface area contributed by atoms with Crippen LogP contribution in [-0.4, -0.2) is 24.0 Å². The van der Waals surface area contributed by atoms with Crippen LogP contribution in [-0.2, 0) is 0 Å². The molecule has 0 amide bonds. The monoisotopic (exact) mass is 211 g/mol. The van der Waals surface area contributed by atoms with Crippen molar-refractivity contribution in [3.8, 4) is 0 Å². The molecule has 0 N–H and O–H groups in total. The van der Waals surface area contributed by atoms with Crippen molar-refractivity contribution in [2.24, 2.45) is 11.8 Å². The normalized spacial score (nSPS) is 19.2. The van der Waals surface area contributed by atoms with Crippen LogP contribution in [0.15, 0.2) is 0 Å². The Bertz CT molecular complexity index is 170. The van der Waals surface area contributed by atoms with Crippen LogP contribution in [0, 0.1) is 11.8 Å². The molecule has 0 aromatic heterocycles. The second-order valence-corrected chi connectivity index (χ2v) is 5.99. The Hall–Kier alpha value is -0.0400. The van der Waals surface area contributed by atoms with Gasteiger partial charge in [-0.1, -0.05) is 26.7 Å². The molecule has 1 rings (SSSR count). The number of nitrogens with zero attached hydrogens (tertiary/aromatic N) is 1. The van der Waals surface area contributed by atoms with Gasteiger partial charge in [0, 0.05) is 12.1 Å². The molecule has 0 aromatic carbocycles. The highest BCUT2D eigenvalue weighted by molar-refractivity contribution is 4.88. The third-order valence-electron chi connectivity index (χ3n) is 3.79. The second kappa shape index (κ2) is 5.89. The van der Waals surface area contributed by atoms with Crippen LogP contribution in [0.25, 0.3) is 0 Å². The van der Waals surface area contributed by atoms with Crippen molar-refractivity contribution in [2.75, 3.05) is 7.05 Å². The predicted octanol–water partition coefficient (Wildman–Crippen LogP) is 3.93. The summed E-state index contributed by atoms with van der Waals surface area (Å²) in [6.07, 6.45) is 7.18. The fraction of sp³-hybridized carbons (Fsp3) is 1.00. The highest BCUT2D eigenvalue weighted by atomic mass is 15.2. The first kappa shape index (κ1) is 13.0. The quantitative estimate of drug-likeness (QED) is 0.616. The third-order valence-corrected chi connectivity index (χ3v) is 3.79. The molecule has 1 heteroatoms. The maximum absolute atomic E-state index is 2.60. The zero-order valence-corrected chi connectivity index (χ0v) is 11.3. The SMILES string of the molecule is CC(C)CCC[C@@H](C1CC1)N(C)C(C)C. The van der Waals surface area contributed by atoms with E-state index in [9.17, 15) is 0 Å². The summed E-state index contributed by atoms with van der Waals surface area (Å²) in [5.41, 5.74) is 0. The first-order chi connectivity index (χ1) is 7.02. The van der Waals surface area contributed by atoms with E-state index in [2.05, 4.69) is 39.6 Å². The van der Waals surface area contributed by atoms with Gasteiger partial charge in [-0.05, 0) is 52.0 Å². The molecule has 1 aliphatic rings. The van der Waals surface area contributed by atoms with E-state index in [0.29, 0.717) is 6.04 Å². The lowest BCUT2D eigenvalue weighted by Gasteiger charge is -2.31. The average Bonchev–Trinajstić information content (AvgIpc) is 2.94. The third kappa shape index (κ3) is 4.55. The van der Waals surface area contributed by atoms with Gasteiger partial charge in [0.25, 0.3) is 0 Å². The largest absolute Gasteiger partial charge is 0.301 e. The van der Waals surface area contributed by atoms with Gasteiger partial charge < -0.3 is 4.90 Å². The van der Waals surface area contributed by atoms with Gasteiger partial charge in [-0.3, -0.25) is 0 Å². The van der Waals surface area contributed by atoms with Gasteiger partial charge in [0.15, 0.2) is 0 Å². The summed E-state index contributed by atoms with van der Waals surface area (Å²) in [4.78, 5) is 2.60. The van der Waals surface area contributed by atoms with E-state index in [4.69, 9.17) is 0 Å². The molecule has 15 heavy (non-hydrogen) atoms. The molecule has 0 unspecified atom stereocenters. The molecule has 1 fully saturated rings. The predicted molar refractivity (Wildman–Crippen MR) is 68.1 cm³/mol. The van der Waals surface area contributed by atoms with Gasteiger partial charge in [0.2, 0.25) is 0 Å². The summed E-state index contributed by atoms with van der Waals surface area (Å²) in [6, 6.07) is 1.57. The lowest BCUT2D eigenvalue weighted by Crippen LogP contribution is -2.38. The topological polar surface area (TPSA) is 3.24 Å². The highest BCUT2D eigenvalue weighted by Gasteiger charge is 2.33. The molecule has 90 valence electrons. The molecule has 0 saturated heterocycles. The highest BCUT2D eigenvalue weighted by Crippen LogP contribution is 2.37. The molecule has 1 atom stereocenters. The average molecular weight is 211 g/mol. The van der Waals surface area contributed by atoms with E-state index in [1.54, 1.807) is 0 Å². The molecule has 0 radical (unpaired) electrons. The summed E-state index contributed by atoms with van der Waals surface area (Å²) in [5.74, 6) is 1.89. The van der Waals surface area contributed by atoms with Gasteiger partial charge in [0.1, 0.15) is 0 Å². The minimum Gasteiger partial charge on any atom is -0.301 e. The van der Waals surface area contributed by atoms with Crippen LogP contribution in [0.1, 0.15) is 59.8 Å². The Labute approximate surface area is 96.2 Å². The fourth-order valence-electron chi connectivity index (χ4n) is 2.37. The van der Waals surface area contributed by atoms with E-state index < -0.39 is 0 Å². The van der Waals surface area contributed by atoms with Gasteiger partial charge >= 0.3 is 0 Å². The second-order valence-electron chi connectivity index (χ2n) is 5.99. The van der Waals surface area contributed by atoms with Crippen molar-refractivity contribution in [1.82, 2.24) is 4.90 Å². The lowest BCUT2D eigenvalue weighted by atomic mass is 9.99. The van der Waals surface area contributed by atoms with Crippen molar-refractivity contribution in [2.45, 2.75) is 71.9 Å². The maximum atomic E-state index is 2.60. The van der Waals surface area contributed by atoms with E-state index in [-0.39, 0.29) is 0 Å². The Morgan fingerprint density at radius 2 is 1.67 bits per heavy atom. The summed E-state index contributed by atoms with van der Waals surface area (Å²) < 4.78 is 0. The van der Waals surface area contributed by atoms with E-state index in [1.807, 2.05) is 0 Å². The minimum absolute atomic E-state index is 0.703. The Balaban J connectivity index is 2.30.